The maximum absolute atomic E-state index is 13.2. The smallest absolute Gasteiger partial charge is 0.340 e. The van der Waals surface area contributed by atoms with Crippen molar-refractivity contribution in [3.63, 3.8) is 0 Å². The Labute approximate surface area is 176 Å². The van der Waals surface area contributed by atoms with E-state index in [4.69, 9.17) is 10.00 Å². The number of ether oxygens (including phenoxy) is 1. The second-order valence-electron chi connectivity index (χ2n) is 9.42. The van der Waals surface area contributed by atoms with E-state index in [0.717, 1.165) is 30.2 Å². The molecule has 1 heterocycles. The van der Waals surface area contributed by atoms with E-state index >= 15 is 0 Å². The van der Waals surface area contributed by atoms with Gasteiger partial charge in [0.1, 0.15) is 0 Å². The lowest BCUT2D eigenvalue weighted by Crippen LogP contribution is -2.62. The standard InChI is InChI=1S/C24H27N3O3/c25-6-3-7-27(24-11-16-8-17(12-24)10-18(9-16)13-24)22(28)15-30-23(29)20-14-26-21-5-2-1-4-19(20)21/h1-2,4-5,14,16-18,26H,3,7-13,15H2. The molecule has 4 saturated carbocycles. The molecule has 1 aromatic heterocycles. The maximum atomic E-state index is 13.2. The van der Waals surface area contributed by atoms with Crippen molar-refractivity contribution in [3.8, 4) is 6.07 Å². The molecule has 0 saturated heterocycles. The first-order valence-electron chi connectivity index (χ1n) is 11.0. The molecule has 4 aliphatic rings. The van der Waals surface area contributed by atoms with E-state index in [1.807, 2.05) is 29.2 Å². The number of nitrogens with zero attached hydrogens (tertiary/aromatic N) is 2. The predicted octanol–water partition coefficient (Wildman–Crippen LogP) is 4.04. The lowest BCUT2D eigenvalue weighted by Gasteiger charge is -2.60. The van der Waals surface area contributed by atoms with Gasteiger partial charge < -0.3 is 14.6 Å². The van der Waals surface area contributed by atoms with Crippen LogP contribution in [0.4, 0.5) is 0 Å². The van der Waals surface area contributed by atoms with Crippen LogP contribution < -0.4 is 0 Å². The molecule has 1 aromatic carbocycles. The largest absolute Gasteiger partial charge is 0.452 e. The molecule has 1 amide bonds. The van der Waals surface area contributed by atoms with Crippen LogP contribution in [0.3, 0.4) is 0 Å². The highest BCUT2D eigenvalue weighted by atomic mass is 16.5. The summed E-state index contributed by atoms with van der Waals surface area (Å²) < 4.78 is 5.45. The van der Waals surface area contributed by atoms with Crippen LogP contribution >= 0.6 is 0 Å². The number of nitrogens with one attached hydrogen (secondary N) is 1. The average molecular weight is 405 g/mol. The van der Waals surface area contributed by atoms with Gasteiger partial charge in [-0.3, -0.25) is 4.79 Å². The first kappa shape index (κ1) is 19.2. The Morgan fingerprint density at radius 1 is 1.13 bits per heavy atom. The van der Waals surface area contributed by atoms with Gasteiger partial charge in [0.2, 0.25) is 0 Å². The summed E-state index contributed by atoms with van der Waals surface area (Å²) in [5.41, 5.74) is 1.16. The molecule has 30 heavy (non-hydrogen) atoms. The topological polar surface area (TPSA) is 86.2 Å². The zero-order valence-corrected chi connectivity index (χ0v) is 17.1. The fourth-order valence-corrected chi connectivity index (χ4v) is 6.71. The second-order valence-corrected chi connectivity index (χ2v) is 9.42. The number of hydrogen-bond donors (Lipinski definition) is 1. The number of rotatable bonds is 6. The lowest BCUT2D eigenvalue weighted by atomic mass is 9.52. The predicted molar refractivity (Wildman–Crippen MR) is 111 cm³/mol. The number of aromatic nitrogens is 1. The third-order valence-corrected chi connectivity index (χ3v) is 7.46. The zero-order valence-electron chi connectivity index (χ0n) is 17.1. The van der Waals surface area contributed by atoms with Gasteiger partial charge in [-0.05, 0) is 62.3 Å². The van der Waals surface area contributed by atoms with Crippen LogP contribution in [0.1, 0.15) is 55.3 Å². The summed E-state index contributed by atoms with van der Waals surface area (Å²) in [4.78, 5) is 30.8. The van der Waals surface area contributed by atoms with Gasteiger partial charge in [0, 0.05) is 29.2 Å². The van der Waals surface area contributed by atoms with Gasteiger partial charge in [-0.15, -0.1) is 0 Å². The van der Waals surface area contributed by atoms with Crippen molar-refractivity contribution in [3.05, 3.63) is 36.0 Å². The second kappa shape index (κ2) is 7.46. The Morgan fingerprint density at radius 2 is 1.80 bits per heavy atom. The number of fused-ring (bicyclic) bond motifs is 1. The summed E-state index contributed by atoms with van der Waals surface area (Å²) in [7, 11) is 0. The number of carbonyl (C=O) groups is 2. The molecule has 0 radical (unpaired) electrons. The van der Waals surface area contributed by atoms with E-state index in [-0.39, 0.29) is 18.1 Å². The van der Waals surface area contributed by atoms with Crippen molar-refractivity contribution in [2.24, 2.45) is 17.8 Å². The zero-order chi connectivity index (χ0) is 20.7. The Hall–Kier alpha value is -2.81. The summed E-state index contributed by atoms with van der Waals surface area (Å²) >= 11 is 0. The number of para-hydroxylation sites is 1. The number of H-pyrrole nitrogens is 1. The highest BCUT2D eigenvalue weighted by Gasteiger charge is 2.54. The van der Waals surface area contributed by atoms with Crippen LogP contribution in [0.25, 0.3) is 10.9 Å². The van der Waals surface area contributed by atoms with E-state index < -0.39 is 5.97 Å². The van der Waals surface area contributed by atoms with Crippen molar-refractivity contribution in [2.45, 2.75) is 50.5 Å². The molecule has 6 rings (SSSR count). The normalized spacial score (nSPS) is 29.0. The van der Waals surface area contributed by atoms with E-state index in [9.17, 15) is 9.59 Å². The number of aromatic amines is 1. The number of amides is 1. The molecule has 0 spiro atoms. The molecule has 0 aliphatic heterocycles. The van der Waals surface area contributed by atoms with Crippen molar-refractivity contribution >= 4 is 22.8 Å². The van der Waals surface area contributed by atoms with Crippen LogP contribution in [0.15, 0.2) is 30.5 Å². The van der Waals surface area contributed by atoms with Gasteiger partial charge in [0.05, 0.1) is 18.1 Å². The van der Waals surface area contributed by atoms with Crippen molar-refractivity contribution < 1.29 is 14.3 Å². The lowest BCUT2D eigenvalue weighted by molar-refractivity contribution is -0.153. The Bertz CT molecular complexity index is 983. The van der Waals surface area contributed by atoms with Gasteiger partial charge >= 0.3 is 5.97 Å². The maximum Gasteiger partial charge on any atom is 0.340 e. The first-order chi connectivity index (χ1) is 14.6. The Morgan fingerprint density at radius 3 is 2.47 bits per heavy atom. The average Bonchev–Trinajstić information content (AvgIpc) is 3.15. The van der Waals surface area contributed by atoms with E-state index in [2.05, 4.69) is 11.1 Å². The summed E-state index contributed by atoms with van der Waals surface area (Å²) in [6, 6.07) is 9.71. The third-order valence-electron chi connectivity index (χ3n) is 7.46. The first-order valence-corrected chi connectivity index (χ1v) is 11.0. The molecular weight excluding hydrogens is 378 g/mol. The monoisotopic (exact) mass is 405 g/mol. The fraction of sp³-hybridized carbons (Fsp3) is 0.542. The quantitative estimate of drug-likeness (QED) is 0.735. The van der Waals surface area contributed by atoms with Crippen LogP contribution in [-0.2, 0) is 9.53 Å². The van der Waals surface area contributed by atoms with Crippen molar-refractivity contribution in [2.75, 3.05) is 13.2 Å². The van der Waals surface area contributed by atoms with E-state index in [1.165, 1.54) is 19.3 Å². The van der Waals surface area contributed by atoms with Gasteiger partial charge in [-0.1, -0.05) is 18.2 Å². The molecule has 156 valence electrons. The fourth-order valence-electron chi connectivity index (χ4n) is 6.71. The summed E-state index contributed by atoms with van der Waals surface area (Å²) in [5, 5.41) is 9.93. The minimum Gasteiger partial charge on any atom is -0.452 e. The van der Waals surface area contributed by atoms with Gasteiger partial charge in [0.15, 0.2) is 6.61 Å². The molecule has 0 atom stereocenters. The molecule has 4 aliphatic carbocycles. The van der Waals surface area contributed by atoms with Crippen molar-refractivity contribution in [1.82, 2.24) is 9.88 Å². The number of esters is 1. The van der Waals surface area contributed by atoms with Crippen molar-refractivity contribution in [1.29, 1.82) is 5.26 Å². The van der Waals surface area contributed by atoms with Crippen LogP contribution in [0.5, 0.6) is 0 Å². The number of carbonyl (C=O) groups excluding carboxylic acids is 2. The minimum atomic E-state index is -0.494. The van der Waals surface area contributed by atoms with Crippen LogP contribution in [0.2, 0.25) is 0 Å². The van der Waals surface area contributed by atoms with Gasteiger partial charge in [-0.2, -0.15) is 5.26 Å². The highest BCUT2D eigenvalue weighted by molar-refractivity contribution is 6.04. The van der Waals surface area contributed by atoms with E-state index in [1.54, 1.807) is 6.20 Å². The summed E-state index contributed by atoms with van der Waals surface area (Å²) in [6.45, 7) is 0.150. The molecule has 6 heteroatoms. The van der Waals surface area contributed by atoms with Crippen LogP contribution in [-0.4, -0.2) is 40.5 Å². The number of benzene rings is 1. The summed E-state index contributed by atoms with van der Waals surface area (Å²) in [6.07, 6.45) is 8.90. The number of nitriles is 1. The number of hydrogen-bond acceptors (Lipinski definition) is 4. The molecule has 6 nitrogen and oxygen atoms in total. The summed E-state index contributed by atoms with van der Waals surface area (Å²) in [5.74, 6) is 1.43. The molecule has 4 bridgehead atoms. The van der Waals surface area contributed by atoms with Gasteiger partial charge in [0.25, 0.3) is 5.91 Å². The van der Waals surface area contributed by atoms with Gasteiger partial charge in [-0.25, -0.2) is 4.79 Å². The molecule has 2 aromatic rings. The minimum absolute atomic E-state index is 0.143. The Kier molecular flexibility index (Phi) is 4.77. The Balaban J connectivity index is 1.31. The molecule has 1 N–H and O–H groups in total. The van der Waals surface area contributed by atoms with E-state index in [0.29, 0.717) is 36.3 Å². The molecular formula is C24H27N3O3. The molecule has 4 fully saturated rings. The molecule has 0 unspecified atom stereocenters. The highest BCUT2D eigenvalue weighted by Crippen LogP contribution is 2.57. The third kappa shape index (κ3) is 3.27. The SMILES string of the molecule is N#CCCN(C(=O)COC(=O)c1c[nH]c2ccccc12)C12CC3CC(CC(C3)C1)C2. The van der Waals surface area contributed by atoms with Crippen LogP contribution in [0, 0.1) is 29.1 Å².